The zero-order valence-electron chi connectivity index (χ0n) is 7.40. The molecule has 0 unspecified atom stereocenters. The van der Waals surface area contributed by atoms with Crippen LogP contribution in [0.3, 0.4) is 0 Å². The predicted molar refractivity (Wildman–Crippen MR) is 63.6 cm³/mol. The molecule has 0 fully saturated rings. The number of halogens is 1. The first-order valence-corrected chi connectivity index (χ1v) is 5.89. The second kappa shape index (κ2) is 4.57. The average molecular weight is 269 g/mol. The number of aromatic nitrogens is 1. The molecular weight excluding hydrogens is 260 g/mol. The lowest BCUT2D eigenvalue weighted by Gasteiger charge is -2.05. The van der Waals surface area contributed by atoms with Crippen LogP contribution in [-0.4, -0.2) is 4.98 Å². The Morgan fingerprint density at radius 1 is 1.36 bits per heavy atom. The van der Waals surface area contributed by atoms with Crippen molar-refractivity contribution in [3.8, 4) is 0 Å². The molecule has 2 aromatic rings. The van der Waals surface area contributed by atoms with Crippen LogP contribution in [-0.2, 0) is 6.54 Å². The summed E-state index contributed by atoms with van der Waals surface area (Å²) in [5.41, 5.74) is 2.96. The van der Waals surface area contributed by atoms with E-state index in [9.17, 15) is 0 Å². The van der Waals surface area contributed by atoms with E-state index in [0.717, 1.165) is 16.7 Å². The van der Waals surface area contributed by atoms with E-state index in [-0.39, 0.29) is 0 Å². The molecule has 0 aliphatic rings. The second-order valence-corrected chi connectivity index (χ2v) is 4.63. The number of thiazole rings is 1. The van der Waals surface area contributed by atoms with Crippen molar-refractivity contribution in [2.24, 2.45) is 0 Å². The topological polar surface area (TPSA) is 24.9 Å². The van der Waals surface area contributed by atoms with E-state index in [1.807, 2.05) is 36.0 Å². The molecule has 4 heteroatoms. The maximum atomic E-state index is 4.02. The third-order valence-electron chi connectivity index (χ3n) is 1.81. The molecule has 1 aromatic heterocycles. The number of hydrogen-bond donors (Lipinski definition) is 1. The Labute approximate surface area is 95.1 Å². The fourth-order valence-electron chi connectivity index (χ4n) is 1.12. The third kappa shape index (κ3) is 2.33. The normalized spacial score (nSPS) is 10.1. The highest BCUT2D eigenvalue weighted by Crippen LogP contribution is 2.22. The van der Waals surface area contributed by atoms with Gasteiger partial charge in [0.2, 0.25) is 0 Å². The SMILES string of the molecule is Brc1ccccc1NCc1cncs1. The molecule has 72 valence electrons. The molecular formula is C10H9BrN2S. The van der Waals surface area contributed by atoms with Crippen LogP contribution in [0.5, 0.6) is 0 Å². The number of nitrogens with one attached hydrogen (secondary N) is 1. The number of para-hydroxylation sites is 1. The van der Waals surface area contributed by atoms with Gasteiger partial charge in [-0.2, -0.15) is 0 Å². The maximum absolute atomic E-state index is 4.02. The van der Waals surface area contributed by atoms with Crippen LogP contribution in [0.2, 0.25) is 0 Å². The molecule has 0 aliphatic heterocycles. The van der Waals surface area contributed by atoms with Gasteiger partial charge in [0.1, 0.15) is 0 Å². The maximum Gasteiger partial charge on any atom is 0.0794 e. The van der Waals surface area contributed by atoms with E-state index < -0.39 is 0 Å². The summed E-state index contributed by atoms with van der Waals surface area (Å²) in [5, 5.41) is 3.34. The molecule has 0 atom stereocenters. The summed E-state index contributed by atoms with van der Waals surface area (Å²) < 4.78 is 1.09. The molecule has 1 N–H and O–H groups in total. The second-order valence-electron chi connectivity index (χ2n) is 2.80. The standard InChI is InChI=1S/C10H9BrN2S/c11-9-3-1-2-4-10(9)13-6-8-5-12-7-14-8/h1-5,7,13H,6H2. The van der Waals surface area contributed by atoms with Gasteiger partial charge in [0.25, 0.3) is 0 Å². The number of hydrogen-bond acceptors (Lipinski definition) is 3. The Morgan fingerprint density at radius 3 is 2.93 bits per heavy atom. The molecule has 0 saturated carbocycles. The third-order valence-corrected chi connectivity index (χ3v) is 3.28. The summed E-state index contributed by atoms with van der Waals surface area (Å²) >= 11 is 5.14. The van der Waals surface area contributed by atoms with Gasteiger partial charge in [-0.05, 0) is 28.1 Å². The lowest BCUT2D eigenvalue weighted by Crippen LogP contribution is -1.97. The fraction of sp³-hybridized carbons (Fsp3) is 0.100. The highest BCUT2D eigenvalue weighted by molar-refractivity contribution is 9.10. The first-order chi connectivity index (χ1) is 6.86. The molecule has 0 radical (unpaired) electrons. The Kier molecular flexibility index (Phi) is 3.16. The minimum absolute atomic E-state index is 0.827. The van der Waals surface area contributed by atoms with Crippen molar-refractivity contribution in [1.29, 1.82) is 0 Å². The Balaban J connectivity index is 2.02. The highest BCUT2D eigenvalue weighted by atomic mass is 79.9. The number of benzene rings is 1. The van der Waals surface area contributed by atoms with Crippen molar-refractivity contribution < 1.29 is 0 Å². The fourth-order valence-corrected chi connectivity index (χ4v) is 2.08. The molecule has 0 amide bonds. The Morgan fingerprint density at radius 2 is 2.21 bits per heavy atom. The minimum Gasteiger partial charge on any atom is -0.379 e. The van der Waals surface area contributed by atoms with E-state index in [0.29, 0.717) is 0 Å². The summed E-state index contributed by atoms with van der Waals surface area (Å²) in [7, 11) is 0. The van der Waals surface area contributed by atoms with Crippen molar-refractivity contribution in [3.05, 3.63) is 45.3 Å². The zero-order valence-corrected chi connectivity index (χ0v) is 9.81. The van der Waals surface area contributed by atoms with Gasteiger partial charge >= 0.3 is 0 Å². The van der Waals surface area contributed by atoms with E-state index in [1.165, 1.54) is 4.88 Å². The van der Waals surface area contributed by atoms with Gasteiger partial charge in [0.05, 0.1) is 12.1 Å². The Bertz CT molecular complexity index is 400. The Hall–Kier alpha value is -0.870. The molecule has 2 nitrogen and oxygen atoms in total. The van der Waals surface area contributed by atoms with Crippen LogP contribution in [0.25, 0.3) is 0 Å². The largest absolute Gasteiger partial charge is 0.379 e. The number of rotatable bonds is 3. The predicted octanol–water partition coefficient (Wildman–Crippen LogP) is 3.52. The van der Waals surface area contributed by atoms with Gasteiger partial charge in [-0.3, -0.25) is 4.98 Å². The summed E-state index contributed by atoms with van der Waals surface area (Å²) in [4.78, 5) is 5.26. The summed E-state index contributed by atoms with van der Waals surface area (Å²) in [5.74, 6) is 0. The van der Waals surface area contributed by atoms with Crippen molar-refractivity contribution in [3.63, 3.8) is 0 Å². The average Bonchev–Trinajstić information content (AvgIpc) is 2.69. The van der Waals surface area contributed by atoms with Gasteiger partial charge in [-0.25, -0.2) is 0 Å². The lowest BCUT2D eigenvalue weighted by atomic mass is 10.3. The summed E-state index contributed by atoms with van der Waals surface area (Å²) in [6.45, 7) is 0.827. The van der Waals surface area contributed by atoms with Crippen LogP contribution < -0.4 is 5.32 Å². The number of nitrogens with zero attached hydrogens (tertiary/aromatic N) is 1. The first kappa shape index (κ1) is 9.68. The van der Waals surface area contributed by atoms with Gasteiger partial charge in [-0.15, -0.1) is 11.3 Å². The van der Waals surface area contributed by atoms with Crippen molar-refractivity contribution in [2.75, 3.05) is 5.32 Å². The van der Waals surface area contributed by atoms with E-state index in [2.05, 4.69) is 26.2 Å². The van der Waals surface area contributed by atoms with Crippen molar-refractivity contribution in [2.45, 2.75) is 6.54 Å². The molecule has 0 aliphatic carbocycles. The van der Waals surface area contributed by atoms with Crippen LogP contribution in [0, 0.1) is 0 Å². The first-order valence-electron chi connectivity index (χ1n) is 4.22. The van der Waals surface area contributed by atoms with E-state index in [1.54, 1.807) is 11.3 Å². The minimum atomic E-state index is 0.827. The number of anilines is 1. The molecule has 14 heavy (non-hydrogen) atoms. The van der Waals surface area contributed by atoms with Gasteiger partial charge in [0, 0.05) is 21.2 Å². The van der Waals surface area contributed by atoms with Crippen molar-refractivity contribution >= 4 is 33.0 Å². The van der Waals surface area contributed by atoms with Crippen molar-refractivity contribution in [1.82, 2.24) is 4.98 Å². The smallest absolute Gasteiger partial charge is 0.0794 e. The van der Waals surface area contributed by atoms with E-state index in [4.69, 9.17) is 0 Å². The molecule has 0 bridgehead atoms. The van der Waals surface area contributed by atoms with Crippen LogP contribution in [0.15, 0.2) is 40.4 Å². The molecule has 0 spiro atoms. The molecule has 0 saturated heterocycles. The quantitative estimate of drug-likeness (QED) is 0.922. The highest BCUT2D eigenvalue weighted by Gasteiger charge is 1.98. The van der Waals surface area contributed by atoms with Crippen LogP contribution in [0.4, 0.5) is 5.69 Å². The molecule has 1 heterocycles. The summed E-state index contributed by atoms with van der Waals surface area (Å²) in [6.07, 6.45) is 1.88. The van der Waals surface area contributed by atoms with E-state index >= 15 is 0 Å². The monoisotopic (exact) mass is 268 g/mol. The van der Waals surface area contributed by atoms with Crippen LogP contribution >= 0.6 is 27.3 Å². The van der Waals surface area contributed by atoms with Gasteiger partial charge < -0.3 is 5.32 Å². The lowest BCUT2D eigenvalue weighted by molar-refractivity contribution is 1.17. The molecule has 2 rings (SSSR count). The molecule has 1 aromatic carbocycles. The zero-order chi connectivity index (χ0) is 9.80. The summed E-state index contributed by atoms with van der Waals surface area (Å²) in [6, 6.07) is 8.09. The van der Waals surface area contributed by atoms with Gasteiger partial charge in [0.15, 0.2) is 0 Å². The van der Waals surface area contributed by atoms with Gasteiger partial charge in [-0.1, -0.05) is 12.1 Å². The van der Waals surface area contributed by atoms with Crippen LogP contribution in [0.1, 0.15) is 4.88 Å².